The van der Waals surface area contributed by atoms with Crippen LogP contribution < -0.4 is 4.74 Å². The highest BCUT2D eigenvalue weighted by molar-refractivity contribution is 14.1. The van der Waals surface area contributed by atoms with E-state index in [1.54, 1.807) is 19.3 Å². The molecule has 2 aromatic rings. The number of fused-ring (bicyclic) bond motifs is 3. The molecule has 210 valence electrons. The van der Waals surface area contributed by atoms with Gasteiger partial charge in [-0.25, -0.2) is 0 Å². The van der Waals surface area contributed by atoms with E-state index in [0.29, 0.717) is 34.9 Å². The van der Waals surface area contributed by atoms with Crippen LogP contribution in [0.5, 0.6) is 11.5 Å². The number of nitrogens with zero attached hydrogens (tertiary/aromatic N) is 2. The molecule has 3 aliphatic rings. The first kappa shape index (κ1) is 28.8. The van der Waals surface area contributed by atoms with Gasteiger partial charge in [0.05, 0.1) is 34.3 Å². The van der Waals surface area contributed by atoms with Gasteiger partial charge < -0.3 is 19.5 Å². The fourth-order valence-corrected chi connectivity index (χ4v) is 7.18. The summed E-state index contributed by atoms with van der Waals surface area (Å²) in [5, 5.41) is 21.1. The molecule has 0 bridgehead atoms. The van der Waals surface area contributed by atoms with Gasteiger partial charge in [0.2, 0.25) is 11.8 Å². The third-order valence-electron chi connectivity index (χ3n) is 8.44. The number of carbonyl (C=O) groups is 2. The maximum Gasteiger partial charge on any atom is 0.455 e. The molecule has 1 aromatic carbocycles. The number of hydrogen-bond donors (Lipinski definition) is 2. The molecule has 0 radical (unpaired) electrons. The Labute approximate surface area is 248 Å². The number of imide groups is 1. The lowest BCUT2D eigenvalue weighted by Gasteiger charge is -2.44. The Morgan fingerprint density at radius 2 is 2.05 bits per heavy atom. The second-order valence-electron chi connectivity index (χ2n) is 11.1. The van der Waals surface area contributed by atoms with Crippen molar-refractivity contribution in [2.24, 2.45) is 23.7 Å². The van der Waals surface area contributed by atoms with Crippen molar-refractivity contribution in [2.75, 3.05) is 14.2 Å². The molecular formula is C30H34BIN2O6. The van der Waals surface area contributed by atoms with Gasteiger partial charge in [0.1, 0.15) is 0 Å². The van der Waals surface area contributed by atoms with E-state index in [0.717, 1.165) is 22.4 Å². The van der Waals surface area contributed by atoms with Crippen LogP contribution in [0.4, 0.5) is 0 Å². The minimum atomic E-state index is -1.01. The van der Waals surface area contributed by atoms with Crippen LogP contribution in [0.25, 0.3) is 11.6 Å². The lowest BCUT2D eigenvalue weighted by molar-refractivity contribution is -0.138. The lowest BCUT2D eigenvalue weighted by Crippen LogP contribution is -2.46. The van der Waals surface area contributed by atoms with Crippen molar-refractivity contribution in [1.82, 2.24) is 9.88 Å². The summed E-state index contributed by atoms with van der Waals surface area (Å²) in [6.45, 7) is 4.23. The van der Waals surface area contributed by atoms with E-state index >= 15 is 0 Å². The average Bonchev–Trinajstić information content (AvgIpc) is 3.16. The van der Waals surface area contributed by atoms with E-state index in [1.165, 1.54) is 17.6 Å². The van der Waals surface area contributed by atoms with Crippen LogP contribution in [0, 0.1) is 27.2 Å². The second-order valence-corrected chi connectivity index (χ2v) is 12.3. The van der Waals surface area contributed by atoms with E-state index < -0.39 is 13.0 Å². The summed E-state index contributed by atoms with van der Waals surface area (Å²) in [5.41, 5.74) is 4.90. The molecule has 2 aliphatic heterocycles. The maximum atomic E-state index is 13.2. The average molecular weight is 656 g/mol. The number of halogens is 1. The van der Waals surface area contributed by atoms with Crippen molar-refractivity contribution in [3.63, 3.8) is 0 Å². The van der Waals surface area contributed by atoms with Crippen molar-refractivity contribution < 1.29 is 29.1 Å². The smallest absolute Gasteiger partial charge is 0.455 e. The first-order valence-electron chi connectivity index (χ1n) is 13.7. The summed E-state index contributed by atoms with van der Waals surface area (Å²) in [7, 11) is 2.08. The normalized spacial score (nSPS) is 25.0. The fraction of sp³-hybridized carbons (Fsp3) is 0.433. The summed E-state index contributed by atoms with van der Waals surface area (Å²) < 4.78 is 12.2. The SMILES string of the molecule is COc1cc(/C=C(/CC[C@H]2OB(O)C[C@H]3C2=C(C(C)C)C[C@H]2C(=O)N(C)C(=O)[C@H]23)c2ccccn2)cc(I)c1O. The topological polar surface area (TPSA) is 109 Å². The molecule has 10 heteroatoms. The highest BCUT2D eigenvalue weighted by Crippen LogP contribution is 2.51. The highest BCUT2D eigenvalue weighted by atomic mass is 127. The number of likely N-dealkylation sites (tertiary alicyclic amines) is 1. The summed E-state index contributed by atoms with van der Waals surface area (Å²) in [4.78, 5) is 32.0. The van der Waals surface area contributed by atoms with Crippen molar-refractivity contribution in [1.29, 1.82) is 0 Å². The molecule has 2 saturated heterocycles. The van der Waals surface area contributed by atoms with Gasteiger partial charge in [-0.1, -0.05) is 25.5 Å². The molecule has 4 atom stereocenters. The van der Waals surface area contributed by atoms with E-state index in [-0.39, 0.29) is 41.4 Å². The molecule has 40 heavy (non-hydrogen) atoms. The van der Waals surface area contributed by atoms with Gasteiger partial charge in [0.25, 0.3) is 0 Å². The number of amides is 2. The Hall–Kier alpha value is -2.70. The molecule has 1 aromatic heterocycles. The van der Waals surface area contributed by atoms with Crippen LogP contribution in [0.3, 0.4) is 0 Å². The molecule has 0 spiro atoms. The van der Waals surface area contributed by atoms with E-state index in [9.17, 15) is 19.7 Å². The Morgan fingerprint density at radius 3 is 2.73 bits per heavy atom. The van der Waals surface area contributed by atoms with E-state index in [4.69, 9.17) is 9.39 Å². The highest BCUT2D eigenvalue weighted by Gasteiger charge is 2.56. The molecule has 0 unspecified atom stereocenters. The minimum Gasteiger partial charge on any atom is -0.504 e. The molecule has 2 N–H and O–H groups in total. The van der Waals surface area contributed by atoms with Crippen molar-refractivity contribution >= 4 is 53.2 Å². The predicted molar refractivity (Wildman–Crippen MR) is 161 cm³/mol. The second kappa shape index (κ2) is 11.7. The summed E-state index contributed by atoms with van der Waals surface area (Å²) >= 11 is 2.08. The van der Waals surface area contributed by atoms with Gasteiger partial charge in [0, 0.05) is 13.2 Å². The molecule has 2 amide bonds. The summed E-state index contributed by atoms with van der Waals surface area (Å²) in [5.74, 6) is -0.641. The zero-order chi connectivity index (χ0) is 28.7. The number of hydrogen-bond acceptors (Lipinski definition) is 7. The number of carbonyl (C=O) groups excluding carboxylic acids is 2. The van der Waals surface area contributed by atoms with Crippen LogP contribution in [-0.2, 0) is 14.2 Å². The zero-order valence-corrected chi connectivity index (χ0v) is 25.3. The third kappa shape index (κ3) is 5.33. The number of phenols is 1. The number of aromatic nitrogens is 1. The predicted octanol–water partition coefficient (Wildman–Crippen LogP) is 4.80. The minimum absolute atomic E-state index is 0.101. The molecule has 8 nitrogen and oxygen atoms in total. The third-order valence-corrected chi connectivity index (χ3v) is 9.26. The molecule has 5 rings (SSSR count). The number of benzene rings is 1. The number of rotatable bonds is 7. The first-order valence-corrected chi connectivity index (χ1v) is 14.7. The van der Waals surface area contributed by atoms with Crippen LogP contribution in [0.2, 0.25) is 6.32 Å². The van der Waals surface area contributed by atoms with Crippen LogP contribution in [0.15, 0.2) is 47.7 Å². The summed E-state index contributed by atoms with van der Waals surface area (Å²) in [6, 6.07) is 9.44. The molecular weight excluding hydrogens is 622 g/mol. The van der Waals surface area contributed by atoms with Gasteiger partial charge in [-0.15, -0.1) is 0 Å². The Balaban J connectivity index is 1.51. The van der Waals surface area contributed by atoms with Crippen LogP contribution in [0.1, 0.15) is 44.4 Å². The van der Waals surface area contributed by atoms with Gasteiger partial charge in [0.15, 0.2) is 11.5 Å². The van der Waals surface area contributed by atoms with Gasteiger partial charge in [-0.3, -0.25) is 19.5 Å². The number of phenolic OH excluding ortho intramolecular Hbond substituents is 1. The summed E-state index contributed by atoms with van der Waals surface area (Å²) in [6.07, 6.45) is 5.42. The Bertz CT molecular complexity index is 1380. The van der Waals surface area contributed by atoms with E-state index in [2.05, 4.69) is 41.4 Å². The molecule has 2 fully saturated rings. The Morgan fingerprint density at radius 1 is 1.27 bits per heavy atom. The van der Waals surface area contributed by atoms with Crippen LogP contribution in [-0.4, -0.2) is 59.2 Å². The lowest BCUT2D eigenvalue weighted by atomic mass is 9.57. The van der Waals surface area contributed by atoms with Crippen molar-refractivity contribution in [2.45, 2.75) is 45.5 Å². The van der Waals surface area contributed by atoms with E-state index in [1.807, 2.05) is 30.3 Å². The number of pyridine rings is 1. The van der Waals surface area contributed by atoms with Crippen LogP contribution >= 0.6 is 22.6 Å². The maximum absolute atomic E-state index is 13.2. The van der Waals surface area contributed by atoms with Crippen molar-refractivity contribution in [3.8, 4) is 11.5 Å². The standard InChI is InChI=1S/C30H34BIN2O6/c1-16(2)19-14-20-27(30(37)34(3)29(20)36)21-15-31(38)40-24(26(19)21)9-8-18(23-7-5-6-10-33-23)11-17-12-22(32)28(35)25(13-17)39-4/h5-7,10-13,16,20-21,24,27,35,38H,8-9,14-15H2,1-4H3/b18-11-/t20-,21+,24-,27-/m1/s1. The number of methoxy groups -OCH3 is 1. The largest absolute Gasteiger partial charge is 0.504 e. The van der Waals surface area contributed by atoms with Gasteiger partial charge in [-0.2, -0.15) is 0 Å². The first-order chi connectivity index (χ1) is 19.1. The molecule has 3 heterocycles. The van der Waals surface area contributed by atoms with Gasteiger partial charge >= 0.3 is 7.12 Å². The zero-order valence-electron chi connectivity index (χ0n) is 23.1. The monoisotopic (exact) mass is 656 g/mol. The molecule has 0 saturated carbocycles. The quantitative estimate of drug-likeness (QED) is 0.191. The van der Waals surface area contributed by atoms with Gasteiger partial charge in [-0.05, 0) is 107 Å². The number of allylic oxidation sites excluding steroid dienone is 2. The number of aromatic hydroxyl groups is 1. The Kier molecular flexibility index (Phi) is 8.40. The molecule has 1 aliphatic carbocycles. The number of ether oxygens (including phenoxy) is 1. The van der Waals surface area contributed by atoms with Crippen molar-refractivity contribution in [3.05, 3.63) is 62.5 Å². The fourth-order valence-electron chi connectivity index (χ4n) is 6.55.